The molecule has 2 heterocycles. The quantitative estimate of drug-likeness (QED) is 0.759. The van der Waals surface area contributed by atoms with E-state index in [4.69, 9.17) is 14.2 Å². The molecule has 4 rings (SSSR count). The molecule has 0 aliphatic carbocycles. The van der Waals surface area contributed by atoms with Crippen molar-refractivity contribution in [3.63, 3.8) is 0 Å². The first kappa shape index (κ1) is 18.0. The minimum Gasteiger partial charge on any atom is -0.497 e. The van der Waals surface area contributed by atoms with Crippen LogP contribution in [0.15, 0.2) is 53.7 Å². The van der Waals surface area contributed by atoms with Gasteiger partial charge in [0.1, 0.15) is 23.9 Å². The van der Waals surface area contributed by atoms with Crippen molar-refractivity contribution in [3.8, 4) is 11.5 Å². The predicted octanol–water partition coefficient (Wildman–Crippen LogP) is 3.17. The molecule has 0 N–H and O–H groups in total. The third-order valence-corrected chi connectivity index (χ3v) is 5.00. The van der Waals surface area contributed by atoms with Gasteiger partial charge in [-0.2, -0.15) is 0 Å². The zero-order valence-corrected chi connectivity index (χ0v) is 15.4. The summed E-state index contributed by atoms with van der Waals surface area (Å²) in [4.78, 5) is 26.9. The number of benzene rings is 2. The van der Waals surface area contributed by atoms with Crippen molar-refractivity contribution in [1.29, 1.82) is 0 Å². The Hall–Kier alpha value is -3.35. The molecule has 2 aromatic rings. The van der Waals surface area contributed by atoms with Gasteiger partial charge in [-0.05, 0) is 36.4 Å². The first-order valence-corrected chi connectivity index (χ1v) is 8.74. The number of hydrogen-bond acceptors (Lipinski definition) is 5. The van der Waals surface area contributed by atoms with Crippen molar-refractivity contribution in [2.24, 2.45) is 0 Å². The van der Waals surface area contributed by atoms with Gasteiger partial charge in [0.2, 0.25) is 5.91 Å². The Bertz CT molecular complexity index is 1000. The van der Waals surface area contributed by atoms with Gasteiger partial charge < -0.3 is 14.2 Å². The molecule has 0 fully saturated rings. The molecule has 0 saturated heterocycles. The average molecular weight is 383 g/mol. The lowest BCUT2D eigenvalue weighted by Gasteiger charge is -2.32. The topological polar surface area (TPSA) is 65.1 Å². The Morgan fingerprint density at radius 1 is 1.11 bits per heavy atom. The lowest BCUT2D eigenvalue weighted by atomic mass is 9.83. The number of rotatable bonds is 4. The molecule has 0 saturated carbocycles. The third-order valence-electron chi connectivity index (χ3n) is 5.00. The van der Waals surface area contributed by atoms with E-state index in [2.05, 4.69) is 0 Å². The van der Waals surface area contributed by atoms with E-state index >= 15 is 0 Å². The highest BCUT2D eigenvalue weighted by molar-refractivity contribution is 6.06. The van der Waals surface area contributed by atoms with Gasteiger partial charge in [0, 0.05) is 17.9 Å². The summed E-state index contributed by atoms with van der Waals surface area (Å²) in [6.45, 7) is -0.0425. The average Bonchev–Trinajstić information content (AvgIpc) is 3.08. The highest BCUT2D eigenvalue weighted by atomic mass is 19.1. The number of nitrogens with zero attached hydrogens (tertiary/aromatic N) is 1. The lowest BCUT2D eigenvalue weighted by Crippen LogP contribution is -2.37. The molecule has 0 radical (unpaired) electrons. The number of methoxy groups -OCH3 is 2. The van der Waals surface area contributed by atoms with Crippen LogP contribution in [0.2, 0.25) is 0 Å². The highest BCUT2D eigenvalue weighted by Crippen LogP contribution is 2.45. The summed E-state index contributed by atoms with van der Waals surface area (Å²) in [6.07, 6.45) is 0.0218. The van der Waals surface area contributed by atoms with Crippen LogP contribution in [0.25, 0.3) is 0 Å². The van der Waals surface area contributed by atoms with Crippen LogP contribution in [-0.2, 0) is 14.3 Å². The summed E-state index contributed by atoms with van der Waals surface area (Å²) in [7, 11) is 3.06. The summed E-state index contributed by atoms with van der Waals surface area (Å²) >= 11 is 0. The van der Waals surface area contributed by atoms with E-state index < -0.39 is 17.7 Å². The molecule has 1 amide bonds. The normalized spacial score (nSPS) is 18.8. The minimum atomic E-state index is -0.535. The molecule has 2 aliphatic heterocycles. The molecular formula is C21H18FNO5. The van der Waals surface area contributed by atoms with E-state index in [0.717, 1.165) is 0 Å². The van der Waals surface area contributed by atoms with Crippen molar-refractivity contribution < 1.29 is 28.2 Å². The Morgan fingerprint density at radius 2 is 1.93 bits per heavy atom. The number of amides is 1. The summed E-state index contributed by atoms with van der Waals surface area (Å²) in [5.41, 5.74) is 1.85. The van der Waals surface area contributed by atoms with E-state index in [1.165, 1.54) is 37.3 Å². The highest BCUT2D eigenvalue weighted by Gasteiger charge is 2.44. The van der Waals surface area contributed by atoms with Gasteiger partial charge in [-0.3, -0.25) is 9.69 Å². The van der Waals surface area contributed by atoms with Crippen LogP contribution >= 0.6 is 0 Å². The number of carbonyl (C=O) groups excluding carboxylic acids is 2. The molecule has 0 spiro atoms. The fourth-order valence-electron chi connectivity index (χ4n) is 3.75. The van der Waals surface area contributed by atoms with E-state index in [9.17, 15) is 14.0 Å². The van der Waals surface area contributed by atoms with Gasteiger partial charge >= 0.3 is 5.97 Å². The van der Waals surface area contributed by atoms with Crippen molar-refractivity contribution >= 4 is 17.6 Å². The van der Waals surface area contributed by atoms with Gasteiger partial charge in [-0.15, -0.1) is 0 Å². The summed E-state index contributed by atoms with van der Waals surface area (Å²) in [5, 5.41) is 0. The number of hydrogen-bond donors (Lipinski definition) is 0. The Morgan fingerprint density at radius 3 is 2.64 bits per heavy atom. The smallest absolute Gasteiger partial charge is 0.336 e. The first-order chi connectivity index (χ1) is 13.5. The lowest BCUT2D eigenvalue weighted by molar-refractivity contribution is -0.136. The molecule has 28 heavy (non-hydrogen) atoms. The third kappa shape index (κ3) is 2.89. The second-order valence-electron chi connectivity index (χ2n) is 6.51. The fraction of sp³-hybridized carbons (Fsp3) is 0.238. The van der Waals surface area contributed by atoms with Crippen LogP contribution in [0, 0.1) is 5.82 Å². The van der Waals surface area contributed by atoms with Gasteiger partial charge in [-0.1, -0.05) is 6.07 Å². The minimum absolute atomic E-state index is 0.0218. The summed E-state index contributed by atoms with van der Waals surface area (Å²) < 4.78 is 29.7. The molecule has 6 nitrogen and oxygen atoms in total. The molecule has 144 valence electrons. The molecular weight excluding hydrogens is 365 g/mol. The largest absolute Gasteiger partial charge is 0.497 e. The fourth-order valence-corrected chi connectivity index (χ4v) is 3.75. The van der Waals surface area contributed by atoms with E-state index in [-0.39, 0.29) is 18.9 Å². The van der Waals surface area contributed by atoms with Crippen LogP contribution in [0.5, 0.6) is 11.5 Å². The number of esters is 1. The molecule has 0 bridgehead atoms. The first-order valence-electron chi connectivity index (χ1n) is 8.74. The second-order valence-corrected chi connectivity index (χ2v) is 6.51. The van der Waals surface area contributed by atoms with E-state index in [0.29, 0.717) is 34.0 Å². The van der Waals surface area contributed by atoms with Crippen LogP contribution in [0.1, 0.15) is 17.9 Å². The number of cyclic esters (lactones) is 1. The van der Waals surface area contributed by atoms with Crippen LogP contribution in [0.3, 0.4) is 0 Å². The molecule has 2 aliphatic rings. The molecule has 7 heteroatoms. The number of ether oxygens (including phenoxy) is 3. The summed E-state index contributed by atoms with van der Waals surface area (Å²) in [5.74, 6) is -0.605. The SMILES string of the molecule is COc1ccc(OC)c(C2CC(=O)N(c3cccc(F)c3)C3=C2C(=O)OC3)c1. The van der Waals surface area contributed by atoms with Crippen LogP contribution in [-0.4, -0.2) is 32.7 Å². The van der Waals surface area contributed by atoms with Crippen molar-refractivity contribution in [3.05, 3.63) is 65.1 Å². The Balaban J connectivity index is 1.86. The zero-order chi connectivity index (χ0) is 19.8. The van der Waals surface area contributed by atoms with Crippen LogP contribution in [0.4, 0.5) is 10.1 Å². The second kappa shape index (κ2) is 6.99. The van der Waals surface area contributed by atoms with Gasteiger partial charge in [-0.25, -0.2) is 9.18 Å². The van der Waals surface area contributed by atoms with Crippen LogP contribution < -0.4 is 14.4 Å². The number of halogens is 1. The molecule has 1 atom stereocenters. The van der Waals surface area contributed by atoms with E-state index in [1.54, 1.807) is 24.3 Å². The van der Waals surface area contributed by atoms with Crippen molar-refractivity contribution in [1.82, 2.24) is 0 Å². The standard InChI is InChI=1S/C21H18FNO5/c1-26-14-6-7-18(27-2)15(9-14)16-10-19(24)23(13-5-3-4-12(22)8-13)17-11-28-21(25)20(16)17/h3-9,16H,10-11H2,1-2H3. The van der Waals surface area contributed by atoms with Crippen molar-refractivity contribution in [2.75, 3.05) is 25.7 Å². The zero-order valence-electron chi connectivity index (χ0n) is 15.4. The maximum atomic E-state index is 13.7. The summed E-state index contributed by atoms with van der Waals surface area (Å²) in [6, 6.07) is 10.9. The molecule has 0 aromatic heterocycles. The monoisotopic (exact) mass is 383 g/mol. The number of anilines is 1. The maximum Gasteiger partial charge on any atom is 0.336 e. The molecule has 1 unspecified atom stereocenters. The van der Waals surface area contributed by atoms with Gasteiger partial charge in [0.05, 0.1) is 31.2 Å². The Labute approximate surface area is 161 Å². The van der Waals surface area contributed by atoms with Gasteiger partial charge in [0.25, 0.3) is 0 Å². The maximum absolute atomic E-state index is 13.7. The number of carbonyl (C=O) groups is 2. The predicted molar refractivity (Wildman–Crippen MR) is 98.8 cm³/mol. The van der Waals surface area contributed by atoms with E-state index in [1.807, 2.05) is 0 Å². The van der Waals surface area contributed by atoms with Crippen molar-refractivity contribution in [2.45, 2.75) is 12.3 Å². The Kier molecular flexibility index (Phi) is 4.50. The van der Waals surface area contributed by atoms with Gasteiger partial charge in [0.15, 0.2) is 0 Å². The molecule has 2 aromatic carbocycles.